The van der Waals surface area contributed by atoms with E-state index in [4.69, 9.17) is 4.74 Å². The molecule has 0 aromatic rings. The summed E-state index contributed by atoms with van der Waals surface area (Å²) in [6.45, 7) is 3.95. The molecule has 0 saturated heterocycles. The molecule has 0 fully saturated rings. The fraction of sp³-hybridized carbons (Fsp3) is 0.500. The summed E-state index contributed by atoms with van der Waals surface area (Å²) >= 11 is 6.73. The van der Waals surface area contributed by atoms with E-state index in [1.807, 2.05) is 19.9 Å². The number of carbonyl (C=O) groups excluding carboxylic acids is 1. The lowest BCUT2D eigenvalue weighted by Gasteiger charge is -2.04. The fourth-order valence-electron chi connectivity index (χ4n) is 1.29. The number of rotatable bonds is 3. The molecule has 0 saturated carbocycles. The van der Waals surface area contributed by atoms with Gasteiger partial charge in [-0.05, 0) is 23.9 Å². The zero-order valence-corrected chi connectivity index (χ0v) is 11.3. The van der Waals surface area contributed by atoms with Crippen LogP contribution in [0.1, 0.15) is 26.7 Å². The second-order valence-electron chi connectivity index (χ2n) is 3.16. The minimum absolute atomic E-state index is 0.200. The fourth-order valence-corrected chi connectivity index (χ4v) is 2.12. The molecular weight excluding hydrogens is 312 g/mol. The van der Waals surface area contributed by atoms with E-state index in [1.54, 1.807) is 0 Å². The zero-order chi connectivity index (χ0) is 10.7. The van der Waals surface area contributed by atoms with E-state index in [0.29, 0.717) is 0 Å². The summed E-state index contributed by atoms with van der Waals surface area (Å²) in [5, 5.41) is 0. The lowest BCUT2D eigenvalue weighted by Crippen LogP contribution is -2.06. The third-order valence-electron chi connectivity index (χ3n) is 1.90. The highest BCUT2D eigenvalue weighted by Gasteiger charge is 2.30. The van der Waals surface area contributed by atoms with Gasteiger partial charge in [0.25, 0.3) is 0 Å². The van der Waals surface area contributed by atoms with Crippen molar-refractivity contribution in [1.82, 2.24) is 0 Å². The molecule has 0 N–H and O–H groups in total. The van der Waals surface area contributed by atoms with Gasteiger partial charge in [0.2, 0.25) is 0 Å². The van der Waals surface area contributed by atoms with Crippen molar-refractivity contribution < 1.29 is 9.53 Å². The van der Waals surface area contributed by atoms with E-state index >= 15 is 0 Å². The molecular formula is C10H12Br2O2. The van der Waals surface area contributed by atoms with Crippen LogP contribution >= 0.6 is 31.9 Å². The predicted molar refractivity (Wildman–Crippen MR) is 63.4 cm³/mol. The van der Waals surface area contributed by atoms with Crippen LogP contribution in [0.15, 0.2) is 20.6 Å². The molecule has 1 unspecified atom stereocenters. The largest absolute Gasteiger partial charge is 0.449 e. The van der Waals surface area contributed by atoms with Gasteiger partial charge in [0, 0.05) is 4.48 Å². The second kappa shape index (κ2) is 5.12. The Morgan fingerprint density at radius 1 is 1.64 bits per heavy atom. The maximum atomic E-state index is 11.4. The summed E-state index contributed by atoms with van der Waals surface area (Å²) in [6.07, 6.45) is 3.34. The smallest absolute Gasteiger partial charge is 0.335 e. The molecule has 0 amide bonds. The van der Waals surface area contributed by atoms with Crippen molar-refractivity contribution in [3.8, 4) is 0 Å². The highest BCUT2D eigenvalue weighted by molar-refractivity contribution is 9.12. The molecule has 4 heteroatoms. The van der Waals surface area contributed by atoms with Crippen molar-refractivity contribution in [3.63, 3.8) is 0 Å². The number of ether oxygens (including phenoxy) is 1. The molecule has 0 radical (unpaired) electrons. The van der Waals surface area contributed by atoms with Crippen LogP contribution < -0.4 is 0 Å². The first kappa shape index (κ1) is 12.0. The van der Waals surface area contributed by atoms with Gasteiger partial charge in [-0.25, -0.2) is 4.79 Å². The molecule has 0 aliphatic carbocycles. The summed E-state index contributed by atoms with van der Waals surface area (Å²) in [7, 11) is 0. The molecule has 0 bridgehead atoms. The Kier molecular flexibility index (Phi) is 4.38. The Morgan fingerprint density at radius 2 is 2.29 bits per heavy atom. The van der Waals surface area contributed by atoms with Gasteiger partial charge in [-0.3, -0.25) is 0 Å². The monoisotopic (exact) mass is 322 g/mol. The number of cyclic esters (lactones) is 1. The van der Waals surface area contributed by atoms with Crippen molar-refractivity contribution >= 4 is 37.8 Å². The topological polar surface area (TPSA) is 26.3 Å². The van der Waals surface area contributed by atoms with Crippen LogP contribution in [0, 0.1) is 0 Å². The SMILES string of the molecule is CCCC1=C(Br)C(C=C(C)Br)OC1=O. The van der Waals surface area contributed by atoms with E-state index in [1.165, 1.54) is 0 Å². The molecule has 0 aromatic heterocycles. The van der Waals surface area contributed by atoms with Gasteiger partial charge in [0.1, 0.15) is 0 Å². The third kappa shape index (κ3) is 2.70. The molecule has 1 atom stereocenters. The van der Waals surface area contributed by atoms with Crippen LogP contribution in [0.2, 0.25) is 0 Å². The normalized spacial score (nSPS) is 23.0. The summed E-state index contributed by atoms with van der Waals surface area (Å²) in [5.41, 5.74) is 0.766. The minimum atomic E-state index is -0.247. The van der Waals surface area contributed by atoms with Crippen molar-refractivity contribution in [3.05, 3.63) is 20.6 Å². The Hall–Kier alpha value is -0.0900. The lowest BCUT2D eigenvalue weighted by molar-refractivity contribution is -0.138. The standard InChI is InChI=1S/C10H12Br2O2/c1-3-4-7-9(12)8(5-6(2)11)14-10(7)13/h5,8H,3-4H2,1-2H3. The maximum Gasteiger partial charge on any atom is 0.335 e. The highest BCUT2D eigenvalue weighted by atomic mass is 79.9. The van der Waals surface area contributed by atoms with Gasteiger partial charge < -0.3 is 4.74 Å². The van der Waals surface area contributed by atoms with Crippen LogP contribution in [-0.2, 0) is 9.53 Å². The molecule has 1 heterocycles. The average molecular weight is 324 g/mol. The van der Waals surface area contributed by atoms with Gasteiger partial charge in [-0.15, -0.1) is 0 Å². The van der Waals surface area contributed by atoms with Crippen LogP contribution in [-0.4, -0.2) is 12.1 Å². The quantitative estimate of drug-likeness (QED) is 0.741. The highest BCUT2D eigenvalue weighted by Crippen LogP contribution is 2.32. The first-order valence-electron chi connectivity index (χ1n) is 4.49. The molecule has 2 nitrogen and oxygen atoms in total. The Balaban J connectivity index is 2.87. The van der Waals surface area contributed by atoms with Crippen LogP contribution in [0.4, 0.5) is 0 Å². The average Bonchev–Trinajstić information content (AvgIpc) is 2.32. The van der Waals surface area contributed by atoms with Gasteiger partial charge in [-0.1, -0.05) is 45.2 Å². The zero-order valence-electron chi connectivity index (χ0n) is 8.14. The Labute approximate surface area is 101 Å². The summed E-state index contributed by atoms with van der Waals surface area (Å²) in [6, 6.07) is 0. The number of hydrogen-bond acceptors (Lipinski definition) is 2. The molecule has 0 spiro atoms. The van der Waals surface area contributed by atoms with Gasteiger partial charge >= 0.3 is 5.97 Å². The van der Waals surface area contributed by atoms with Crippen molar-refractivity contribution in [2.24, 2.45) is 0 Å². The van der Waals surface area contributed by atoms with Crippen LogP contribution in [0.25, 0.3) is 0 Å². The van der Waals surface area contributed by atoms with E-state index in [2.05, 4.69) is 31.9 Å². The maximum absolute atomic E-state index is 11.4. The molecule has 1 aliphatic rings. The second-order valence-corrected chi connectivity index (χ2v) is 5.26. The first-order valence-corrected chi connectivity index (χ1v) is 6.08. The first-order chi connectivity index (χ1) is 6.56. The number of carbonyl (C=O) groups is 1. The Morgan fingerprint density at radius 3 is 2.79 bits per heavy atom. The van der Waals surface area contributed by atoms with E-state index < -0.39 is 0 Å². The summed E-state index contributed by atoms with van der Waals surface area (Å²) in [4.78, 5) is 11.4. The Bertz CT molecular complexity index is 301. The van der Waals surface area contributed by atoms with Crippen LogP contribution in [0.5, 0.6) is 0 Å². The van der Waals surface area contributed by atoms with E-state index in [0.717, 1.165) is 27.4 Å². The third-order valence-corrected chi connectivity index (χ3v) is 3.09. The molecule has 1 rings (SSSR count). The van der Waals surface area contributed by atoms with Crippen molar-refractivity contribution in [1.29, 1.82) is 0 Å². The number of esters is 1. The van der Waals surface area contributed by atoms with Crippen LogP contribution in [0.3, 0.4) is 0 Å². The number of hydrogen-bond donors (Lipinski definition) is 0. The minimum Gasteiger partial charge on any atom is -0.449 e. The van der Waals surface area contributed by atoms with Gasteiger partial charge in [0.15, 0.2) is 6.10 Å². The van der Waals surface area contributed by atoms with Gasteiger partial charge in [0.05, 0.1) is 5.57 Å². The van der Waals surface area contributed by atoms with E-state index in [-0.39, 0.29) is 12.1 Å². The number of halogens is 2. The molecule has 78 valence electrons. The summed E-state index contributed by atoms with van der Waals surface area (Å²) in [5.74, 6) is -0.200. The van der Waals surface area contributed by atoms with Crippen molar-refractivity contribution in [2.45, 2.75) is 32.8 Å². The lowest BCUT2D eigenvalue weighted by atomic mass is 10.1. The van der Waals surface area contributed by atoms with Crippen molar-refractivity contribution in [2.75, 3.05) is 0 Å². The molecule has 0 aromatic carbocycles. The molecule has 14 heavy (non-hydrogen) atoms. The number of allylic oxidation sites excluding steroid dienone is 1. The van der Waals surface area contributed by atoms with Gasteiger partial charge in [-0.2, -0.15) is 0 Å². The molecule has 1 aliphatic heterocycles. The predicted octanol–water partition coefficient (Wildman–Crippen LogP) is 3.66. The summed E-state index contributed by atoms with van der Waals surface area (Å²) < 4.78 is 7.01. The van der Waals surface area contributed by atoms with E-state index in [9.17, 15) is 4.79 Å².